The molecule has 244 valence electrons. The molecule has 1 aromatic carbocycles. The van der Waals surface area contributed by atoms with Gasteiger partial charge in [-0.15, -0.1) is 11.3 Å². The Morgan fingerprint density at radius 2 is 1.70 bits per heavy atom. The van der Waals surface area contributed by atoms with Gasteiger partial charge in [0.05, 0.1) is 11.7 Å². The van der Waals surface area contributed by atoms with Gasteiger partial charge >= 0.3 is 0 Å². The number of nitrogens with one attached hydrogen (secondary N) is 1. The van der Waals surface area contributed by atoms with Gasteiger partial charge in [0.1, 0.15) is 16.3 Å². The highest BCUT2D eigenvalue weighted by atomic mass is 35.5. The van der Waals surface area contributed by atoms with Crippen LogP contribution in [0.25, 0.3) is 10.2 Å². The molecular formula is C30H36ClN9O4S2. The number of anilines is 2. The van der Waals surface area contributed by atoms with Crippen LogP contribution >= 0.6 is 22.9 Å². The fourth-order valence-electron chi connectivity index (χ4n) is 5.89. The van der Waals surface area contributed by atoms with Gasteiger partial charge in [0.25, 0.3) is 5.56 Å². The first kappa shape index (κ1) is 32.3. The van der Waals surface area contributed by atoms with Crippen LogP contribution in [0.3, 0.4) is 0 Å². The lowest BCUT2D eigenvalue weighted by Crippen LogP contribution is -2.49. The van der Waals surface area contributed by atoms with Crippen molar-refractivity contribution >= 4 is 60.7 Å². The number of amides is 1. The quantitative estimate of drug-likeness (QED) is 0.247. The number of halogens is 1. The molecule has 2 aliphatic rings. The van der Waals surface area contributed by atoms with Gasteiger partial charge in [-0.1, -0.05) is 17.7 Å². The molecule has 4 aromatic rings. The fraction of sp³-hybridized carbons (Fsp3) is 0.433. The Hall–Kier alpha value is -3.63. The van der Waals surface area contributed by atoms with E-state index in [1.807, 2.05) is 23.1 Å². The summed E-state index contributed by atoms with van der Waals surface area (Å²) in [7, 11) is -3.99. The van der Waals surface area contributed by atoms with Crippen LogP contribution in [-0.4, -0.2) is 108 Å². The highest BCUT2D eigenvalue weighted by Gasteiger charge is 2.34. The van der Waals surface area contributed by atoms with Crippen molar-refractivity contribution in [2.24, 2.45) is 0 Å². The smallest absolute Gasteiger partial charge is 0.263 e. The van der Waals surface area contributed by atoms with E-state index in [9.17, 15) is 18.0 Å². The van der Waals surface area contributed by atoms with Gasteiger partial charge in [0, 0.05) is 86.9 Å². The number of piperazine rings is 2. The van der Waals surface area contributed by atoms with Gasteiger partial charge in [-0.2, -0.15) is 4.31 Å². The van der Waals surface area contributed by atoms with E-state index in [4.69, 9.17) is 11.6 Å². The number of hydrogen-bond donors (Lipinski definition) is 1. The van der Waals surface area contributed by atoms with Crippen molar-refractivity contribution in [3.63, 3.8) is 0 Å². The maximum atomic E-state index is 13.8. The summed E-state index contributed by atoms with van der Waals surface area (Å²) in [5.74, 6) is 0.222. The number of nitrogens with zero attached hydrogens (tertiary/aromatic N) is 8. The Kier molecular flexibility index (Phi) is 9.84. The molecule has 1 amide bonds. The minimum atomic E-state index is -3.99. The molecule has 0 unspecified atom stereocenters. The Labute approximate surface area is 276 Å². The van der Waals surface area contributed by atoms with Crippen LogP contribution in [0.5, 0.6) is 0 Å². The minimum absolute atomic E-state index is 0.0281. The molecule has 2 saturated heterocycles. The molecule has 0 aliphatic carbocycles. The number of sulfonamides is 1. The first-order valence-corrected chi connectivity index (χ1v) is 17.8. The zero-order valence-electron chi connectivity index (χ0n) is 25.5. The van der Waals surface area contributed by atoms with Crippen LogP contribution in [0.2, 0.25) is 5.02 Å². The first-order chi connectivity index (χ1) is 22.2. The van der Waals surface area contributed by atoms with E-state index in [2.05, 4.69) is 36.1 Å². The van der Waals surface area contributed by atoms with Crippen LogP contribution < -0.4 is 20.7 Å². The maximum absolute atomic E-state index is 13.8. The summed E-state index contributed by atoms with van der Waals surface area (Å²) >= 11 is 7.30. The summed E-state index contributed by atoms with van der Waals surface area (Å²) in [6, 6.07) is 9.61. The molecule has 0 saturated carbocycles. The molecule has 16 heteroatoms. The van der Waals surface area contributed by atoms with E-state index < -0.39 is 15.6 Å². The lowest BCUT2D eigenvalue weighted by atomic mass is 10.2. The Bertz CT molecular complexity index is 1850. The molecule has 0 radical (unpaired) electrons. The zero-order chi connectivity index (χ0) is 32.3. The number of benzene rings is 1. The van der Waals surface area contributed by atoms with Crippen LogP contribution in [0.15, 0.2) is 58.7 Å². The van der Waals surface area contributed by atoms with Crippen LogP contribution in [0.4, 0.5) is 11.6 Å². The third-order valence-electron chi connectivity index (χ3n) is 8.30. The lowest BCUT2D eigenvalue weighted by molar-refractivity contribution is -0.121. The lowest BCUT2D eigenvalue weighted by Gasteiger charge is -2.36. The largest absolute Gasteiger partial charge is 0.369 e. The molecule has 0 atom stereocenters. The maximum Gasteiger partial charge on any atom is 0.263 e. The molecule has 0 bridgehead atoms. The van der Waals surface area contributed by atoms with Crippen molar-refractivity contribution in [3.8, 4) is 0 Å². The van der Waals surface area contributed by atoms with E-state index in [0.717, 1.165) is 61.2 Å². The number of carbonyl (C=O) groups excluding carboxylic acids is 1. The Morgan fingerprint density at radius 3 is 2.41 bits per heavy atom. The van der Waals surface area contributed by atoms with Gasteiger partial charge < -0.3 is 15.1 Å². The fourth-order valence-corrected chi connectivity index (χ4v) is 9.17. The molecule has 1 N–H and O–H groups in total. The van der Waals surface area contributed by atoms with Gasteiger partial charge in [0.15, 0.2) is 0 Å². The number of rotatable bonds is 10. The summed E-state index contributed by atoms with van der Waals surface area (Å²) in [6.45, 7) is 7.71. The third kappa shape index (κ3) is 7.03. The Morgan fingerprint density at radius 1 is 0.978 bits per heavy atom. The van der Waals surface area contributed by atoms with Gasteiger partial charge in [-0.05, 0) is 44.2 Å². The molecule has 13 nitrogen and oxygen atoms in total. The second-order valence-electron chi connectivity index (χ2n) is 11.3. The standard InChI is InChI=1S/C30H36ClN9O4S2/c1-22-27(46(43,44)40-17-15-38(16-18-40)30-33-7-3-8-34-30)26-28(45-22)35-21-39(29(26)42)20-25(41)32-9-4-10-36-11-13-37(14-12-36)24-6-2-5-23(31)19-24/h2-3,5-8,19,21H,4,9-18,20H2,1H3,(H,32,41). The summed E-state index contributed by atoms with van der Waals surface area (Å²) < 4.78 is 30.2. The molecule has 0 spiro atoms. The SMILES string of the molecule is Cc1sc2ncn(CC(=O)NCCCN3CCN(c4cccc(Cl)c4)CC3)c(=O)c2c1S(=O)(=O)N1CCN(c2ncccn2)CC1. The van der Waals surface area contributed by atoms with E-state index in [0.29, 0.717) is 35.3 Å². The van der Waals surface area contributed by atoms with Crippen molar-refractivity contribution in [1.29, 1.82) is 0 Å². The summed E-state index contributed by atoms with van der Waals surface area (Å²) in [6.07, 6.45) is 5.38. The number of aryl methyl sites for hydroxylation is 1. The highest BCUT2D eigenvalue weighted by molar-refractivity contribution is 7.89. The molecule has 2 aliphatic heterocycles. The third-order valence-corrected chi connectivity index (χ3v) is 11.8. The summed E-state index contributed by atoms with van der Waals surface area (Å²) in [5.41, 5.74) is 0.582. The van der Waals surface area contributed by atoms with E-state index in [1.54, 1.807) is 25.4 Å². The van der Waals surface area contributed by atoms with Crippen molar-refractivity contribution in [2.75, 3.05) is 75.2 Å². The summed E-state index contributed by atoms with van der Waals surface area (Å²) in [4.78, 5) is 46.6. The number of aromatic nitrogens is 4. The Balaban J connectivity index is 1.03. The molecule has 5 heterocycles. The van der Waals surface area contributed by atoms with Gasteiger partial charge in [0.2, 0.25) is 21.9 Å². The highest BCUT2D eigenvalue weighted by Crippen LogP contribution is 2.33. The number of carbonyl (C=O) groups is 1. The van der Waals surface area contributed by atoms with Crippen molar-refractivity contribution in [3.05, 3.63) is 69.3 Å². The van der Waals surface area contributed by atoms with Crippen molar-refractivity contribution < 1.29 is 13.2 Å². The topological polar surface area (TPSA) is 137 Å². The number of thiophene rings is 1. The normalized spacial score (nSPS) is 16.7. The van der Waals surface area contributed by atoms with E-state index in [1.165, 1.54) is 15.2 Å². The molecule has 46 heavy (non-hydrogen) atoms. The average molecular weight is 686 g/mol. The van der Waals surface area contributed by atoms with Crippen molar-refractivity contribution in [2.45, 2.75) is 24.8 Å². The molecule has 3 aromatic heterocycles. The van der Waals surface area contributed by atoms with Crippen molar-refractivity contribution in [1.82, 2.24) is 34.0 Å². The molecule has 2 fully saturated rings. The summed E-state index contributed by atoms with van der Waals surface area (Å²) in [5, 5.41) is 3.65. The number of hydrogen-bond acceptors (Lipinski definition) is 11. The van der Waals surface area contributed by atoms with E-state index >= 15 is 0 Å². The van der Waals surface area contributed by atoms with Gasteiger partial charge in [-0.3, -0.25) is 19.1 Å². The number of fused-ring (bicyclic) bond motifs is 1. The zero-order valence-corrected chi connectivity index (χ0v) is 27.9. The average Bonchev–Trinajstić information content (AvgIpc) is 3.42. The van der Waals surface area contributed by atoms with Crippen LogP contribution in [-0.2, 0) is 21.4 Å². The predicted molar refractivity (Wildman–Crippen MR) is 179 cm³/mol. The van der Waals surface area contributed by atoms with Gasteiger partial charge in [-0.25, -0.2) is 23.4 Å². The second-order valence-corrected chi connectivity index (χ2v) is 14.8. The second kappa shape index (κ2) is 14.0. The van der Waals surface area contributed by atoms with Crippen LogP contribution in [0.1, 0.15) is 11.3 Å². The van der Waals surface area contributed by atoms with Crippen LogP contribution in [0, 0.1) is 6.92 Å². The molecular weight excluding hydrogens is 650 g/mol. The molecule has 6 rings (SSSR count). The van der Waals surface area contributed by atoms with E-state index in [-0.39, 0.29) is 35.8 Å². The first-order valence-electron chi connectivity index (χ1n) is 15.2. The minimum Gasteiger partial charge on any atom is -0.369 e. The predicted octanol–water partition coefficient (Wildman–Crippen LogP) is 2.05. The monoisotopic (exact) mass is 685 g/mol.